The number of benzene rings is 4. The first-order valence-electron chi connectivity index (χ1n) is 18.7. The molecule has 0 bridgehead atoms. The Morgan fingerprint density at radius 1 is 0.431 bits per heavy atom. The average molecular weight is 797 g/mol. The van der Waals surface area contributed by atoms with Gasteiger partial charge in [-0.05, 0) is 0 Å². The minimum absolute atomic E-state index is 0. The van der Waals surface area contributed by atoms with E-state index >= 15 is 0 Å². The number of fused-ring (bicyclic) bond motifs is 2. The normalized spacial score (nSPS) is 18.7. The van der Waals surface area contributed by atoms with E-state index in [0.29, 0.717) is 7.25 Å². The summed E-state index contributed by atoms with van der Waals surface area (Å²) < 4.78 is 4.15. The first kappa shape index (κ1) is 40.0. The van der Waals surface area contributed by atoms with Gasteiger partial charge < -0.3 is 24.8 Å². The molecule has 2 atom stereocenters. The summed E-state index contributed by atoms with van der Waals surface area (Å²) in [5.41, 5.74) is 18.5. The van der Waals surface area contributed by atoms with Crippen LogP contribution in [0.2, 0.25) is 8.26 Å². The van der Waals surface area contributed by atoms with Gasteiger partial charge in [0, 0.05) is 0 Å². The van der Waals surface area contributed by atoms with E-state index in [4.69, 9.17) is 0 Å². The molecule has 4 aromatic rings. The van der Waals surface area contributed by atoms with Crippen molar-refractivity contribution in [3.05, 3.63) is 129 Å². The molecule has 1 heterocycles. The van der Waals surface area contributed by atoms with E-state index < -0.39 is 20.3 Å². The monoisotopic (exact) mass is 794 g/mol. The fourth-order valence-corrected chi connectivity index (χ4v) is 27.5. The third-order valence-electron chi connectivity index (χ3n) is 12.0. The summed E-state index contributed by atoms with van der Waals surface area (Å²) in [4.78, 5) is 0. The van der Waals surface area contributed by atoms with Gasteiger partial charge in [0.25, 0.3) is 0 Å². The standard InChI is InChI=1S/2C23H27.C2H4.2ClH.Zr/c2*1-22(2,3)18-12-10-16(11-13-18)20-9-7-8-17-14-19(15-21(17)20)23(4,5)6;1-2;;;/h2*7-15H,1-6H3;1-2H2;2*1H;/q;;;;;+2/p-2. The molecule has 1 aliphatic heterocycles. The second kappa shape index (κ2) is 13.6. The molecule has 0 aromatic heterocycles. The van der Waals surface area contributed by atoms with Crippen LogP contribution < -0.4 is 24.8 Å². The Morgan fingerprint density at radius 2 is 0.765 bits per heavy atom. The third-order valence-corrected chi connectivity index (χ3v) is 24.7. The zero-order valence-electron chi connectivity index (χ0n) is 33.1. The van der Waals surface area contributed by atoms with E-state index in [2.05, 4.69) is 180 Å². The van der Waals surface area contributed by atoms with Gasteiger partial charge in [0.15, 0.2) is 0 Å². The van der Waals surface area contributed by atoms with Gasteiger partial charge in [-0.3, -0.25) is 0 Å². The van der Waals surface area contributed by atoms with E-state index in [9.17, 15) is 0 Å². The van der Waals surface area contributed by atoms with E-state index in [1.807, 2.05) is 0 Å². The van der Waals surface area contributed by atoms with Crippen LogP contribution in [0.5, 0.6) is 0 Å². The van der Waals surface area contributed by atoms with Crippen molar-refractivity contribution in [3.8, 4) is 22.3 Å². The smallest absolute Gasteiger partial charge is 1.00 e. The molecule has 2 unspecified atom stereocenters. The van der Waals surface area contributed by atoms with Gasteiger partial charge in [0.2, 0.25) is 0 Å². The number of hydrogen-bond acceptors (Lipinski definition) is 0. The Kier molecular flexibility index (Phi) is 10.7. The van der Waals surface area contributed by atoms with E-state index in [1.54, 1.807) is 22.3 Å². The minimum atomic E-state index is -2.94. The number of hydrogen-bond donors (Lipinski definition) is 0. The van der Waals surface area contributed by atoms with Gasteiger partial charge in [-0.15, -0.1) is 0 Å². The van der Waals surface area contributed by atoms with Crippen molar-refractivity contribution in [2.45, 2.75) is 109 Å². The van der Waals surface area contributed by atoms with Crippen LogP contribution in [0.15, 0.2) is 96.1 Å². The van der Waals surface area contributed by atoms with Crippen molar-refractivity contribution in [3.63, 3.8) is 0 Å². The van der Waals surface area contributed by atoms with Gasteiger partial charge in [-0.25, -0.2) is 0 Å². The van der Waals surface area contributed by atoms with Crippen molar-refractivity contribution in [1.29, 1.82) is 0 Å². The second-order valence-electron chi connectivity index (χ2n) is 19.6. The van der Waals surface area contributed by atoms with Gasteiger partial charge in [-0.1, -0.05) is 0 Å². The van der Waals surface area contributed by atoms with Gasteiger partial charge >= 0.3 is 304 Å². The third kappa shape index (κ3) is 7.11. The van der Waals surface area contributed by atoms with Crippen LogP contribution in [-0.2, 0) is 31.1 Å². The Bertz CT molecular complexity index is 1830. The molecule has 1 fully saturated rings. The Morgan fingerprint density at radius 3 is 1.04 bits per heavy atom. The summed E-state index contributed by atoms with van der Waals surface area (Å²) >= 11 is -2.94. The maximum atomic E-state index is 2.66. The van der Waals surface area contributed by atoms with Crippen LogP contribution in [-0.4, -0.2) is 0 Å². The minimum Gasteiger partial charge on any atom is -1.00 e. The van der Waals surface area contributed by atoms with Gasteiger partial charge in [0.05, 0.1) is 0 Å². The number of rotatable bonds is 4. The van der Waals surface area contributed by atoms with Crippen molar-refractivity contribution in [1.82, 2.24) is 0 Å². The fraction of sp³-hybridized carbons (Fsp3) is 0.417. The first-order chi connectivity index (χ1) is 22.8. The molecule has 0 saturated carbocycles. The molecular formula is C48H58Cl2Zr. The summed E-state index contributed by atoms with van der Waals surface area (Å²) in [5.74, 6) is 0. The van der Waals surface area contributed by atoms with Crippen LogP contribution in [0.1, 0.15) is 124 Å². The molecule has 0 amide bonds. The molecule has 0 radical (unpaired) electrons. The van der Waals surface area contributed by atoms with Crippen LogP contribution >= 0.6 is 0 Å². The molecule has 1 saturated heterocycles. The molecule has 0 spiro atoms. The van der Waals surface area contributed by atoms with Gasteiger partial charge in [-0.2, -0.15) is 0 Å². The topological polar surface area (TPSA) is 0 Å². The summed E-state index contributed by atoms with van der Waals surface area (Å²) in [5, 5.41) is 0. The van der Waals surface area contributed by atoms with Crippen molar-refractivity contribution in [2.24, 2.45) is 10.8 Å². The summed E-state index contributed by atoms with van der Waals surface area (Å²) in [6.07, 6.45) is 5.32. The molecule has 3 heteroatoms. The van der Waals surface area contributed by atoms with E-state index in [1.165, 1.54) is 52.8 Å². The predicted octanol–water partition coefficient (Wildman–Crippen LogP) is 8.30. The van der Waals surface area contributed by atoms with Gasteiger partial charge in [0.1, 0.15) is 0 Å². The molecule has 51 heavy (non-hydrogen) atoms. The van der Waals surface area contributed by atoms with Crippen LogP contribution in [0.25, 0.3) is 34.4 Å². The molecule has 2 aliphatic carbocycles. The van der Waals surface area contributed by atoms with Crippen molar-refractivity contribution in [2.75, 3.05) is 0 Å². The van der Waals surface area contributed by atoms with E-state index in [0.717, 1.165) is 0 Å². The Balaban J connectivity index is 0.00000252. The largest absolute Gasteiger partial charge is 1.00 e. The summed E-state index contributed by atoms with van der Waals surface area (Å²) in [6, 6.07) is 33.4. The summed E-state index contributed by atoms with van der Waals surface area (Å²) in [6.45, 7) is 28.7. The molecule has 4 aromatic carbocycles. The van der Waals surface area contributed by atoms with Crippen LogP contribution in [0, 0.1) is 10.8 Å². The predicted molar refractivity (Wildman–Crippen MR) is 211 cm³/mol. The maximum Gasteiger partial charge on any atom is -1.00 e. The average Bonchev–Trinajstić information content (AvgIpc) is 3.52. The second-order valence-corrected chi connectivity index (χ2v) is 30.9. The molecule has 0 N–H and O–H groups in total. The zero-order valence-corrected chi connectivity index (χ0v) is 37.0. The Hall–Kier alpha value is -2.18. The molecule has 3 aliphatic rings. The number of halogens is 2. The quantitative estimate of drug-likeness (QED) is 0.195. The summed E-state index contributed by atoms with van der Waals surface area (Å²) in [7, 11) is 0. The fourth-order valence-electron chi connectivity index (χ4n) is 9.03. The van der Waals surface area contributed by atoms with Crippen LogP contribution in [0.4, 0.5) is 0 Å². The molecule has 7 rings (SSSR count). The first-order valence-corrected chi connectivity index (χ1v) is 25.0. The van der Waals surface area contributed by atoms with Crippen molar-refractivity contribution < 1.29 is 45.1 Å². The molecule has 0 nitrogen and oxygen atoms in total. The zero-order chi connectivity index (χ0) is 35.3. The van der Waals surface area contributed by atoms with E-state index in [-0.39, 0.29) is 46.5 Å². The molecule has 268 valence electrons. The molecular weight excluding hydrogens is 739 g/mol. The van der Waals surface area contributed by atoms with Crippen molar-refractivity contribution >= 4 is 12.2 Å². The van der Waals surface area contributed by atoms with Crippen LogP contribution in [0.3, 0.4) is 0 Å². The Labute approximate surface area is 326 Å². The number of allylic oxidation sites excluding steroid dienone is 2. The maximum absolute atomic E-state index is 2.94. The SMILES string of the molecule is CC(C)(C)C1=Cc2c(-c3ccc(C(C)(C)C)cc3)cccc2[CH]1[Zr+2]1([CH]2C(C(C)(C)C)=Cc3c(-c4ccc(C(C)(C)C)cc4)cccc32)[CH2][CH2]1.[Cl-].[Cl-].